The third-order valence-electron chi connectivity index (χ3n) is 2.54. The van der Waals surface area contributed by atoms with E-state index in [2.05, 4.69) is 9.64 Å². The molecule has 0 saturated carbocycles. The lowest BCUT2D eigenvalue weighted by Crippen LogP contribution is -2.21. The molecular weight excluding hydrogens is 218 g/mol. The molecule has 1 rings (SSSR count). The SMILES string of the molecule is COC(=O)CCN(C)Cc1ccc(OC)cc1. The van der Waals surface area contributed by atoms with Crippen LogP contribution in [0.2, 0.25) is 0 Å². The van der Waals surface area contributed by atoms with Crippen LogP contribution in [0.5, 0.6) is 5.75 Å². The molecule has 0 radical (unpaired) electrons. The Morgan fingerprint density at radius 3 is 2.41 bits per heavy atom. The third kappa shape index (κ3) is 4.87. The summed E-state index contributed by atoms with van der Waals surface area (Å²) in [5.41, 5.74) is 1.19. The van der Waals surface area contributed by atoms with Crippen molar-refractivity contribution in [2.24, 2.45) is 0 Å². The number of methoxy groups -OCH3 is 2. The number of benzene rings is 1. The molecule has 17 heavy (non-hydrogen) atoms. The summed E-state index contributed by atoms with van der Waals surface area (Å²) in [6.45, 7) is 1.50. The van der Waals surface area contributed by atoms with Crippen molar-refractivity contribution in [3.63, 3.8) is 0 Å². The smallest absolute Gasteiger partial charge is 0.306 e. The lowest BCUT2D eigenvalue weighted by atomic mass is 10.2. The molecule has 0 unspecified atom stereocenters. The van der Waals surface area contributed by atoms with E-state index >= 15 is 0 Å². The van der Waals surface area contributed by atoms with Crippen LogP contribution in [0.1, 0.15) is 12.0 Å². The second kappa shape index (κ2) is 6.91. The molecule has 1 aromatic rings. The average Bonchev–Trinajstić information content (AvgIpc) is 2.36. The van der Waals surface area contributed by atoms with Crippen molar-refractivity contribution in [1.82, 2.24) is 4.90 Å². The Morgan fingerprint density at radius 1 is 1.24 bits per heavy atom. The lowest BCUT2D eigenvalue weighted by Gasteiger charge is -2.16. The van der Waals surface area contributed by atoms with Gasteiger partial charge in [0.2, 0.25) is 0 Å². The van der Waals surface area contributed by atoms with E-state index in [-0.39, 0.29) is 5.97 Å². The first-order valence-corrected chi connectivity index (χ1v) is 5.54. The Morgan fingerprint density at radius 2 is 1.88 bits per heavy atom. The first-order chi connectivity index (χ1) is 8.15. The molecule has 0 aliphatic rings. The maximum atomic E-state index is 11.0. The molecule has 1 aromatic carbocycles. The topological polar surface area (TPSA) is 38.8 Å². The van der Waals surface area contributed by atoms with Crippen molar-refractivity contribution >= 4 is 5.97 Å². The number of carbonyl (C=O) groups is 1. The summed E-state index contributed by atoms with van der Waals surface area (Å²) >= 11 is 0. The van der Waals surface area contributed by atoms with Crippen molar-refractivity contribution in [3.05, 3.63) is 29.8 Å². The van der Waals surface area contributed by atoms with Crippen molar-refractivity contribution in [3.8, 4) is 5.75 Å². The summed E-state index contributed by atoms with van der Waals surface area (Å²) < 4.78 is 9.69. The van der Waals surface area contributed by atoms with Crippen molar-refractivity contribution in [2.45, 2.75) is 13.0 Å². The minimum atomic E-state index is -0.174. The number of hydrogen-bond acceptors (Lipinski definition) is 4. The van der Waals surface area contributed by atoms with Crippen LogP contribution >= 0.6 is 0 Å². The Bertz CT molecular complexity index is 348. The minimum absolute atomic E-state index is 0.174. The summed E-state index contributed by atoms with van der Waals surface area (Å²) in [4.78, 5) is 13.1. The summed E-state index contributed by atoms with van der Waals surface area (Å²) in [6.07, 6.45) is 0.420. The van der Waals surface area contributed by atoms with Crippen LogP contribution in [0.25, 0.3) is 0 Å². The van der Waals surface area contributed by atoms with Crippen LogP contribution in [-0.4, -0.2) is 38.7 Å². The van der Waals surface area contributed by atoms with Gasteiger partial charge in [-0.1, -0.05) is 12.1 Å². The quantitative estimate of drug-likeness (QED) is 0.706. The van der Waals surface area contributed by atoms with Crippen molar-refractivity contribution < 1.29 is 14.3 Å². The molecule has 0 saturated heterocycles. The number of esters is 1. The van der Waals surface area contributed by atoms with Gasteiger partial charge in [-0.2, -0.15) is 0 Å². The van der Waals surface area contributed by atoms with Gasteiger partial charge in [0, 0.05) is 13.1 Å². The normalized spacial score (nSPS) is 10.4. The van der Waals surface area contributed by atoms with E-state index in [4.69, 9.17) is 4.74 Å². The summed E-state index contributed by atoms with van der Waals surface area (Å²) in [7, 11) is 5.04. The van der Waals surface area contributed by atoms with E-state index in [0.29, 0.717) is 13.0 Å². The standard InChI is InChI=1S/C13H19NO3/c1-14(9-8-13(15)17-3)10-11-4-6-12(16-2)7-5-11/h4-7H,8-10H2,1-3H3. The summed E-state index contributed by atoms with van der Waals surface area (Å²) in [6, 6.07) is 7.91. The predicted octanol–water partition coefficient (Wildman–Crippen LogP) is 1.69. The maximum Gasteiger partial charge on any atom is 0.306 e. The van der Waals surface area contributed by atoms with Crippen LogP contribution in [-0.2, 0) is 16.1 Å². The molecule has 0 aromatic heterocycles. The number of rotatable bonds is 6. The van der Waals surface area contributed by atoms with Crippen LogP contribution in [0.4, 0.5) is 0 Å². The Kier molecular flexibility index (Phi) is 5.49. The average molecular weight is 237 g/mol. The van der Waals surface area contributed by atoms with E-state index in [0.717, 1.165) is 12.3 Å². The fourth-order valence-corrected chi connectivity index (χ4v) is 1.51. The maximum absolute atomic E-state index is 11.0. The lowest BCUT2D eigenvalue weighted by molar-refractivity contribution is -0.140. The molecule has 0 amide bonds. The first-order valence-electron chi connectivity index (χ1n) is 5.54. The number of nitrogens with zero attached hydrogens (tertiary/aromatic N) is 1. The predicted molar refractivity (Wildman–Crippen MR) is 66.0 cm³/mol. The molecule has 4 heteroatoms. The molecule has 94 valence electrons. The molecule has 0 bridgehead atoms. The fraction of sp³-hybridized carbons (Fsp3) is 0.462. The van der Waals surface area contributed by atoms with E-state index in [1.807, 2.05) is 31.3 Å². The molecule has 0 N–H and O–H groups in total. The van der Waals surface area contributed by atoms with Crippen LogP contribution in [0.3, 0.4) is 0 Å². The zero-order valence-corrected chi connectivity index (χ0v) is 10.6. The van der Waals surface area contributed by atoms with Gasteiger partial charge in [-0.25, -0.2) is 0 Å². The third-order valence-corrected chi connectivity index (χ3v) is 2.54. The highest BCUT2D eigenvalue weighted by Gasteiger charge is 2.05. The highest BCUT2D eigenvalue weighted by molar-refractivity contribution is 5.69. The zero-order chi connectivity index (χ0) is 12.7. The Labute approximate surface area is 102 Å². The van der Waals surface area contributed by atoms with Crippen molar-refractivity contribution in [1.29, 1.82) is 0 Å². The Hall–Kier alpha value is -1.55. The number of carbonyl (C=O) groups excluding carboxylic acids is 1. The van der Waals surface area contributed by atoms with Gasteiger partial charge in [-0.3, -0.25) is 4.79 Å². The summed E-state index contributed by atoms with van der Waals surface area (Å²) in [5, 5.41) is 0. The molecule has 0 heterocycles. The second-order valence-electron chi connectivity index (χ2n) is 3.91. The van der Waals surface area contributed by atoms with Gasteiger partial charge in [-0.15, -0.1) is 0 Å². The molecule has 0 aliphatic carbocycles. The molecule has 0 spiro atoms. The number of hydrogen-bond donors (Lipinski definition) is 0. The minimum Gasteiger partial charge on any atom is -0.497 e. The van der Waals surface area contributed by atoms with Gasteiger partial charge >= 0.3 is 5.97 Å². The molecular formula is C13H19NO3. The number of ether oxygens (including phenoxy) is 2. The molecule has 0 atom stereocenters. The highest BCUT2D eigenvalue weighted by Crippen LogP contribution is 2.12. The van der Waals surface area contributed by atoms with Gasteiger partial charge < -0.3 is 14.4 Å². The van der Waals surface area contributed by atoms with E-state index in [1.54, 1.807) is 7.11 Å². The van der Waals surface area contributed by atoms with Gasteiger partial charge in [-0.05, 0) is 24.7 Å². The molecule has 4 nitrogen and oxygen atoms in total. The molecule has 0 aliphatic heterocycles. The van der Waals surface area contributed by atoms with E-state index < -0.39 is 0 Å². The van der Waals surface area contributed by atoms with E-state index in [9.17, 15) is 4.79 Å². The van der Waals surface area contributed by atoms with Gasteiger partial charge in [0.1, 0.15) is 5.75 Å². The Balaban J connectivity index is 2.39. The second-order valence-corrected chi connectivity index (χ2v) is 3.91. The monoisotopic (exact) mass is 237 g/mol. The van der Waals surface area contributed by atoms with E-state index in [1.165, 1.54) is 12.7 Å². The van der Waals surface area contributed by atoms with Crippen molar-refractivity contribution in [2.75, 3.05) is 27.8 Å². The molecule has 0 fully saturated rings. The highest BCUT2D eigenvalue weighted by atomic mass is 16.5. The first kappa shape index (κ1) is 13.5. The fourth-order valence-electron chi connectivity index (χ4n) is 1.51. The van der Waals surface area contributed by atoms with Crippen LogP contribution < -0.4 is 4.74 Å². The zero-order valence-electron chi connectivity index (χ0n) is 10.6. The summed E-state index contributed by atoms with van der Waals surface area (Å²) in [5.74, 6) is 0.678. The van der Waals surface area contributed by atoms with Gasteiger partial charge in [0.05, 0.1) is 20.6 Å². The van der Waals surface area contributed by atoms with Gasteiger partial charge in [0.15, 0.2) is 0 Å². The van der Waals surface area contributed by atoms with Crippen LogP contribution in [0.15, 0.2) is 24.3 Å². The largest absolute Gasteiger partial charge is 0.497 e. The van der Waals surface area contributed by atoms with Crippen LogP contribution in [0, 0.1) is 0 Å². The van der Waals surface area contributed by atoms with Gasteiger partial charge in [0.25, 0.3) is 0 Å².